The highest BCUT2D eigenvalue weighted by Gasteiger charge is 2.31. The monoisotopic (exact) mass is 286 g/mol. The highest BCUT2D eigenvalue weighted by molar-refractivity contribution is 9.10. The topological polar surface area (TPSA) is 17.1 Å². The third kappa shape index (κ3) is 1.83. The van der Waals surface area contributed by atoms with Gasteiger partial charge in [0.05, 0.1) is 5.92 Å². The second-order valence-electron chi connectivity index (χ2n) is 4.33. The summed E-state index contributed by atoms with van der Waals surface area (Å²) in [5.41, 5.74) is 3.30. The molecule has 0 saturated heterocycles. The van der Waals surface area contributed by atoms with Gasteiger partial charge in [0.2, 0.25) is 0 Å². The summed E-state index contributed by atoms with van der Waals surface area (Å²) < 4.78 is 1.00. The zero-order chi connectivity index (χ0) is 11.8. The predicted molar refractivity (Wildman–Crippen MR) is 71.4 cm³/mol. The number of fused-ring (bicyclic) bond motifs is 1. The van der Waals surface area contributed by atoms with E-state index in [1.165, 1.54) is 11.1 Å². The molecule has 84 valence electrons. The van der Waals surface area contributed by atoms with E-state index < -0.39 is 0 Å². The Hall–Kier alpha value is -1.41. The molecule has 1 atom stereocenters. The van der Waals surface area contributed by atoms with E-state index in [0.717, 1.165) is 16.5 Å². The Morgan fingerprint density at radius 2 is 1.76 bits per heavy atom. The Balaban J connectivity index is 1.88. The van der Waals surface area contributed by atoms with Crippen LogP contribution >= 0.6 is 15.9 Å². The fourth-order valence-corrected chi connectivity index (χ4v) is 2.57. The second-order valence-corrected chi connectivity index (χ2v) is 5.24. The summed E-state index contributed by atoms with van der Waals surface area (Å²) in [5, 5.41) is 0. The van der Waals surface area contributed by atoms with Gasteiger partial charge in [-0.1, -0.05) is 52.3 Å². The van der Waals surface area contributed by atoms with Gasteiger partial charge in [-0.15, -0.1) is 0 Å². The third-order valence-corrected chi connectivity index (χ3v) is 3.83. The number of carbonyl (C=O) groups is 1. The first-order chi connectivity index (χ1) is 8.25. The number of carbonyl (C=O) groups excluding carboxylic acids is 1. The molecule has 1 unspecified atom stereocenters. The molecular formula is C15H11BrO. The minimum absolute atomic E-state index is 0.0624. The molecule has 0 saturated carbocycles. The van der Waals surface area contributed by atoms with Crippen LogP contribution < -0.4 is 0 Å². The molecule has 1 aliphatic carbocycles. The van der Waals surface area contributed by atoms with Gasteiger partial charge in [0.1, 0.15) is 0 Å². The van der Waals surface area contributed by atoms with Crippen LogP contribution in [0, 0.1) is 0 Å². The molecule has 1 aliphatic rings. The van der Waals surface area contributed by atoms with Crippen molar-refractivity contribution in [3.8, 4) is 0 Å². The zero-order valence-electron chi connectivity index (χ0n) is 9.19. The average Bonchev–Trinajstić information content (AvgIpc) is 2.31. The molecular weight excluding hydrogens is 276 g/mol. The van der Waals surface area contributed by atoms with Crippen molar-refractivity contribution >= 4 is 21.7 Å². The Bertz CT molecular complexity index is 572. The first kappa shape index (κ1) is 10.7. The summed E-state index contributed by atoms with van der Waals surface area (Å²) >= 11 is 3.38. The maximum atomic E-state index is 12.3. The lowest BCUT2D eigenvalue weighted by Crippen LogP contribution is -2.25. The summed E-state index contributed by atoms with van der Waals surface area (Å²) in [4.78, 5) is 12.3. The molecule has 2 aromatic rings. The van der Waals surface area contributed by atoms with E-state index in [1.807, 2.05) is 36.4 Å². The first-order valence-corrected chi connectivity index (χ1v) is 6.42. The molecule has 0 amide bonds. The van der Waals surface area contributed by atoms with Crippen molar-refractivity contribution in [3.05, 3.63) is 69.7 Å². The van der Waals surface area contributed by atoms with Gasteiger partial charge in [-0.2, -0.15) is 0 Å². The number of halogens is 1. The van der Waals surface area contributed by atoms with Crippen LogP contribution in [0.5, 0.6) is 0 Å². The molecule has 0 aromatic heterocycles. The van der Waals surface area contributed by atoms with Gasteiger partial charge < -0.3 is 0 Å². The lowest BCUT2D eigenvalue weighted by atomic mass is 9.74. The van der Waals surface area contributed by atoms with E-state index in [4.69, 9.17) is 0 Å². The van der Waals surface area contributed by atoms with Crippen molar-refractivity contribution in [2.45, 2.75) is 12.3 Å². The first-order valence-electron chi connectivity index (χ1n) is 5.63. The zero-order valence-corrected chi connectivity index (χ0v) is 10.8. The summed E-state index contributed by atoms with van der Waals surface area (Å²) in [5.74, 6) is 0.295. The fourth-order valence-electron chi connectivity index (χ4n) is 2.31. The lowest BCUT2D eigenvalue weighted by molar-refractivity contribution is 0.0949. The molecule has 2 heteroatoms. The molecule has 0 bridgehead atoms. The van der Waals surface area contributed by atoms with Gasteiger partial charge in [0.25, 0.3) is 0 Å². The number of hydrogen-bond donors (Lipinski definition) is 0. The Labute approximate surface area is 109 Å². The van der Waals surface area contributed by atoms with Crippen LogP contribution in [0.25, 0.3) is 0 Å². The largest absolute Gasteiger partial charge is 0.293 e. The van der Waals surface area contributed by atoms with Crippen LogP contribution in [-0.2, 0) is 6.42 Å². The van der Waals surface area contributed by atoms with E-state index in [1.54, 1.807) is 0 Å². The van der Waals surface area contributed by atoms with Crippen molar-refractivity contribution in [3.63, 3.8) is 0 Å². The van der Waals surface area contributed by atoms with Crippen molar-refractivity contribution in [2.24, 2.45) is 0 Å². The van der Waals surface area contributed by atoms with E-state index in [-0.39, 0.29) is 11.7 Å². The van der Waals surface area contributed by atoms with Gasteiger partial charge in [-0.25, -0.2) is 0 Å². The van der Waals surface area contributed by atoms with E-state index in [9.17, 15) is 4.79 Å². The lowest BCUT2D eigenvalue weighted by Gasteiger charge is -2.28. The molecule has 0 heterocycles. The molecule has 0 N–H and O–H groups in total. The number of ketones is 1. The van der Waals surface area contributed by atoms with Crippen LogP contribution in [-0.4, -0.2) is 5.78 Å². The van der Waals surface area contributed by atoms with Crippen molar-refractivity contribution in [1.29, 1.82) is 0 Å². The molecule has 3 rings (SSSR count). The molecule has 0 fully saturated rings. The van der Waals surface area contributed by atoms with Gasteiger partial charge in [-0.3, -0.25) is 4.79 Å². The normalized spacial score (nSPS) is 17.1. The highest BCUT2D eigenvalue weighted by atomic mass is 79.9. The smallest absolute Gasteiger partial charge is 0.170 e. The van der Waals surface area contributed by atoms with Crippen molar-refractivity contribution < 1.29 is 4.79 Å². The predicted octanol–water partition coefficient (Wildman–Crippen LogP) is 3.97. The van der Waals surface area contributed by atoms with Gasteiger partial charge in [0.15, 0.2) is 5.78 Å². The quantitative estimate of drug-likeness (QED) is 0.764. The maximum Gasteiger partial charge on any atom is 0.170 e. The van der Waals surface area contributed by atoms with Crippen LogP contribution in [0.1, 0.15) is 27.4 Å². The fraction of sp³-hybridized carbons (Fsp3) is 0.133. The summed E-state index contributed by atoms with van der Waals surface area (Å²) in [6.07, 6.45) is 0.880. The molecule has 17 heavy (non-hydrogen) atoms. The highest BCUT2D eigenvalue weighted by Crippen LogP contribution is 2.37. The number of hydrogen-bond acceptors (Lipinski definition) is 1. The second kappa shape index (κ2) is 4.11. The number of benzene rings is 2. The summed E-state index contributed by atoms with van der Waals surface area (Å²) in [6.45, 7) is 0. The molecule has 1 nitrogen and oxygen atoms in total. The minimum atomic E-state index is 0.0624. The van der Waals surface area contributed by atoms with Crippen LogP contribution in [0.2, 0.25) is 0 Å². The number of rotatable bonds is 2. The van der Waals surface area contributed by atoms with Gasteiger partial charge in [-0.05, 0) is 29.7 Å². The third-order valence-electron chi connectivity index (χ3n) is 3.30. The van der Waals surface area contributed by atoms with Crippen LogP contribution in [0.3, 0.4) is 0 Å². The van der Waals surface area contributed by atoms with Crippen molar-refractivity contribution in [1.82, 2.24) is 0 Å². The van der Waals surface area contributed by atoms with Gasteiger partial charge in [0, 0.05) is 10.0 Å². The SMILES string of the molecule is O=C(c1ccc(Br)cc1)C1Cc2ccccc21. The summed E-state index contributed by atoms with van der Waals surface area (Å²) in [7, 11) is 0. The molecule has 2 aromatic carbocycles. The molecule has 0 aliphatic heterocycles. The van der Waals surface area contributed by atoms with E-state index >= 15 is 0 Å². The Kier molecular flexibility index (Phi) is 2.60. The summed E-state index contributed by atoms with van der Waals surface area (Å²) in [6, 6.07) is 15.8. The minimum Gasteiger partial charge on any atom is -0.293 e. The van der Waals surface area contributed by atoms with Gasteiger partial charge >= 0.3 is 0 Å². The standard InChI is InChI=1S/C15H11BrO/c16-12-7-5-10(6-8-12)15(17)14-9-11-3-1-2-4-13(11)14/h1-8,14H,9H2. The average molecular weight is 287 g/mol. The van der Waals surface area contributed by atoms with E-state index in [0.29, 0.717) is 0 Å². The maximum absolute atomic E-state index is 12.3. The Morgan fingerprint density at radius 1 is 1.06 bits per heavy atom. The van der Waals surface area contributed by atoms with Crippen LogP contribution in [0.4, 0.5) is 0 Å². The Morgan fingerprint density at radius 3 is 2.47 bits per heavy atom. The molecule has 0 spiro atoms. The van der Waals surface area contributed by atoms with E-state index in [2.05, 4.69) is 28.1 Å². The number of Topliss-reactive ketones (excluding diaryl/α,β-unsaturated/α-hetero) is 1. The molecule has 0 radical (unpaired) electrons. The van der Waals surface area contributed by atoms with Crippen molar-refractivity contribution in [2.75, 3.05) is 0 Å². The van der Waals surface area contributed by atoms with Crippen LogP contribution in [0.15, 0.2) is 53.0 Å².